The topological polar surface area (TPSA) is 58.6 Å². The van der Waals surface area contributed by atoms with Gasteiger partial charge in [-0.3, -0.25) is 0 Å². The van der Waals surface area contributed by atoms with E-state index in [0.29, 0.717) is 30.5 Å². The normalized spacial score (nSPS) is 20.8. The molecule has 0 radical (unpaired) electrons. The Bertz CT molecular complexity index is 540. The molecule has 21 heavy (non-hydrogen) atoms. The van der Waals surface area contributed by atoms with E-state index in [-0.39, 0.29) is 0 Å². The molecule has 2 rings (SSSR count). The molecule has 7 heteroatoms. The van der Waals surface area contributed by atoms with Crippen molar-refractivity contribution in [1.82, 2.24) is 9.62 Å². The molecule has 1 atom stereocenters. The van der Waals surface area contributed by atoms with Crippen LogP contribution in [0.3, 0.4) is 0 Å². The molecule has 0 aromatic carbocycles. The zero-order valence-corrected chi connectivity index (χ0v) is 14.3. The van der Waals surface area contributed by atoms with Gasteiger partial charge >= 0.3 is 0 Å². The van der Waals surface area contributed by atoms with E-state index in [9.17, 15) is 8.42 Å². The van der Waals surface area contributed by atoms with E-state index in [2.05, 4.69) is 5.32 Å². The smallest absolute Gasteiger partial charge is 0.243 e. The molecule has 1 saturated heterocycles. The zero-order valence-electron chi connectivity index (χ0n) is 12.7. The first kappa shape index (κ1) is 16.9. The zero-order chi connectivity index (χ0) is 15.3. The van der Waals surface area contributed by atoms with Crippen LogP contribution in [0.5, 0.6) is 0 Å². The van der Waals surface area contributed by atoms with Crippen molar-refractivity contribution in [2.24, 2.45) is 5.92 Å². The van der Waals surface area contributed by atoms with Crippen LogP contribution in [0, 0.1) is 5.92 Å². The summed E-state index contributed by atoms with van der Waals surface area (Å²) in [6.45, 7) is 5.44. The van der Waals surface area contributed by atoms with Crippen molar-refractivity contribution < 1.29 is 13.2 Å². The summed E-state index contributed by atoms with van der Waals surface area (Å²) in [4.78, 5) is 1.49. The highest BCUT2D eigenvalue weighted by atomic mass is 32.2. The number of piperidine rings is 1. The molecule has 0 saturated carbocycles. The summed E-state index contributed by atoms with van der Waals surface area (Å²) in [5.41, 5.74) is 0. The molecule has 0 bridgehead atoms. The van der Waals surface area contributed by atoms with Gasteiger partial charge in [0, 0.05) is 37.0 Å². The van der Waals surface area contributed by atoms with Gasteiger partial charge in [-0.1, -0.05) is 6.92 Å². The SMILES string of the molecule is CCNCc1cc(S(=O)(=O)N2CCCC(COC)C2)cs1. The minimum absolute atomic E-state index is 0.304. The van der Waals surface area contributed by atoms with Crippen molar-refractivity contribution in [2.75, 3.05) is 33.4 Å². The van der Waals surface area contributed by atoms with Crippen LogP contribution < -0.4 is 5.32 Å². The van der Waals surface area contributed by atoms with Crippen LogP contribution in [0.2, 0.25) is 0 Å². The molecule has 1 aliphatic heterocycles. The highest BCUT2D eigenvalue weighted by Crippen LogP contribution is 2.27. The third-order valence-corrected chi connectivity index (χ3v) is 6.63. The molecule has 1 fully saturated rings. The van der Waals surface area contributed by atoms with Crippen LogP contribution in [0.15, 0.2) is 16.3 Å². The van der Waals surface area contributed by atoms with Crippen LogP contribution in [0.25, 0.3) is 0 Å². The van der Waals surface area contributed by atoms with Crippen molar-refractivity contribution in [2.45, 2.75) is 31.2 Å². The van der Waals surface area contributed by atoms with Gasteiger partial charge in [-0.15, -0.1) is 11.3 Å². The first-order chi connectivity index (χ1) is 10.1. The molecule has 120 valence electrons. The van der Waals surface area contributed by atoms with Crippen molar-refractivity contribution in [3.05, 3.63) is 16.3 Å². The fourth-order valence-electron chi connectivity index (χ4n) is 2.60. The summed E-state index contributed by atoms with van der Waals surface area (Å²) in [6, 6.07) is 1.79. The lowest BCUT2D eigenvalue weighted by Crippen LogP contribution is -2.40. The van der Waals surface area contributed by atoms with Gasteiger partial charge in [-0.25, -0.2) is 8.42 Å². The molecule has 1 aliphatic rings. The second-order valence-electron chi connectivity index (χ2n) is 5.36. The number of hydrogen-bond donors (Lipinski definition) is 1. The Morgan fingerprint density at radius 3 is 3.05 bits per heavy atom. The summed E-state index contributed by atoms with van der Waals surface area (Å²) in [5.74, 6) is 0.304. The summed E-state index contributed by atoms with van der Waals surface area (Å²) in [5, 5.41) is 4.97. The molecule has 0 spiro atoms. The number of sulfonamides is 1. The van der Waals surface area contributed by atoms with Gasteiger partial charge < -0.3 is 10.1 Å². The fraction of sp³-hybridized carbons (Fsp3) is 0.714. The molecular formula is C14H24N2O3S2. The van der Waals surface area contributed by atoms with Crippen LogP contribution in [-0.2, 0) is 21.3 Å². The summed E-state index contributed by atoms with van der Waals surface area (Å²) >= 11 is 1.50. The van der Waals surface area contributed by atoms with E-state index < -0.39 is 10.0 Å². The Kier molecular flexibility index (Phi) is 6.19. The average Bonchev–Trinajstić information content (AvgIpc) is 2.95. The Balaban J connectivity index is 2.08. The molecule has 0 aliphatic carbocycles. The Morgan fingerprint density at radius 1 is 1.52 bits per heavy atom. The number of hydrogen-bond acceptors (Lipinski definition) is 5. The largest absolute Gasteiger partial charge is 0.384 e. The van der Waals surface area contributed by atoms with E-state index in [1.54, 1.807) is 22.9 Å². The second kappa shape index (κ2) is 7.69. The molecular weight excluding hydrogens is 308 g/mol. The van der Waals surface area contributed by atoms with Gasteiger partial charge in [0.2, 0.25) is 10.0 Å². The maximum Gasteiger partial charge on any atom is 0.243 e. The predicted molar refractivity (Wildman–Crippen MR) is 85.1 cm³/mol. The minimum atomic E-state index is -3.36. The molecule has 1 aromatic heterocycles. The second-order valence-corrected chi connectivity index (χ2v) is 8.29. The quantitative estimate of drug-likeness (QED) is 0.828. The van der Waals surface area contributed by atoms with Gasteiger partial charge in [0.15, 0.2) is 0 Å². The molecule has 0 amide bonds. The van der Waals surface area contributed by atoms with Crippen molar-refractivity contribution in [3.63, 3.8) is 0 Å². The van der Waals surface area contributed by atoms with Crippen molar-refractivity contribution in [1.29, 1.82) is 0 Å². The summed E-state index contributed by atoms with van der Waals surface area (Å²) < 4.78 is 32.2. The lowest BCUT2D eigenvalue weighted by molar-refractivity contribution is 0.118. The molecule has 5 nitrogen and oxygen atoms in total. The summed E-state index contributed by atoms with van der Waals surface area (Å²) in [7, 11) is -1.69. The maximum absolute atomic E-state index is 12.7. The summed E-state index contributed by atoms with van der Waals surface area (Å²) in [6.07, 6.45) is 1.94. The van der Waals surface area contributed by atoms with Gasteiger partial charge in [0.25, 0.3) is 0 Å². The Morgan fingerprint density at radius 2 is 2.33 bits per heavy atom. The minimum Gasteiger partial charge on any atom is -0.384 e. The average molecular weight is 332 g/mol. The van der Waals surface area contributed by atoms with Crippen molar-refractivity contribution >= 4 is 21.4 Å². The molecule has 1 aromatic rings. The third kappa shape index (κ3) is 4.26. The molecule has 1 unspecified atom stereocenters. The Hall–Kier alpha value is -0.470. The van der Waals surface area contributed by atoms with Gasteiger partial charge in [-0.05, 0) is 31.4 Å². The number of thiophene rings is 1. The number of ether oxygens (including phenoxy) is 1. The highest BCUT2D eigenvalue weighted by Gasteiger charge is 2.30. The van der Waals surface area contributed by atoms with Crippen LogP contribution >= 0.6 is 11.3 Å². The fourth-order valence-corrected chi connectivity index (χ4v) is 5.39. The van der Waals surface area contributed by atoms with Gasteiger partial charge in [0.05, 0.1) is 11.5 Å². The first-order valence-corrected chi connectivity index (χ1v) is 9.67. The monoisotopic (exact) mass is 332 g/mol. The van der Waals surface area contributed by atoms with E-state index in [4.69, 9.17) is 4.74 Å². The number of nitrogens with zero attached hydrogens (tertiary/aromatic N) is 1. The lowest BCUT2D eigenvalue weighted by atomic mass is 10.0. The van der Waals surface area contributed by atoms with Crippen LogP contribution in [-0.4, -0.2) is 46.1 Å². The van der Waals surface area contributed by atoms with Crippen LogP contribution in [0.4, 0.5) is 0 Å². The molecule has 2 heterocycles. The lowest BCUT2D eigenvalue weighted by Gasteiger charge is -2.31. The van der Waals surface area contributed by atoms with Crippen LogP contribution in [0.1, 0.15) is 24.6 Å². The van der Waals surface area contributed by atoms with E-state index >= 15 is 0 Å². The maximum atomic E-state index is 12.7. The van der Waals surface area contributed by atoms with Gasteiger partial charge in [-0.2, -0.15) is 4.31 Å². The highest BCUT2D eigenvalue weighted by molar-refractivity contribution is 7.89. The van der Waals surface area contributed by atoms with Crippen molar-refractivity contribution in [3.8, 4) is 0 Å². The number of methoxy groups -OCH3 is 1. The third-order valence-electron chi connectivity index (χ3n) is 3.70. The number of nitrogens with one attached hydrogen (secondary N) is 1. The first-order valence-electron chi connectivity index (χ1n) is 7.35. The standard InChI is InChI=1S/C14H24N2O3S2/c1-3-15-8-13-7-14(11-20-13)21(17,18)16-6-4-5-12(9-16)10-19-2/h7,11-12,15H,3-6,8-10H2,1-2H3. The van der Waals surface area contributed by atoms with E-state index in [1.165, 1.54) is 11.3 Å². The molecule has 1 N–H and O–H groups in total. The Labute approximate surface area is 131 Å². The predicted octanol–water partition coefficient (Wildman–Crippen LogP) is 1.90. The number of rotatable bonds is 7. The van der Waals surface area contributed by atoms with Gasteiger partial charge in [0.1, 0.15) is 0 Å². The van der Waals surface area contributed by atoms with E-state index in [0.717, 1.165) is 30.8 Å². The van der Waals surface area contributed by atoms with E-state index in [1.807, 2.05) is 6.92 Å².